The van der Waals surface area contributed by atoms with Gasteiger partial charge in [0.25, 0.3) is 0 Å². The molecule has 2 saturated heterocycles. The van der Waals surface area contributed by atoms with E-state index in [1.807, 2.05) is 0 Å². The molecule has 0 amide bonds. The van der Waals surface area contributed by atoms with Crippen molar-refractivity contribution in [3.63, 3.8) is 0 Å². The Labute approximate surface area is 134 Å². The zero-order valence-corrected chi connectivity index (χ0v) is 14.9. The molecule has 0 N–H and O–H groups in total. The maximum absolute atomic E-state index is 6.02. The van der Waals surface area contributed by atoms with Gasteiger partial charge in [-0.1, -0.05) is 27.7 Å². The summed E-state index contributed by atoms with van der Waals surface area (Å²) in [7, 11) is 2.08. The standard InChI is InChI=1S/C18H31N3O/c1-6-14-13(15(7-2)20(5)19-14)11-21-12-18(3,4)17(21)16-9-8-10-22-16/h16-17H,6-12H2,1-5H3/t16-,17-/m1/s1. The summed E-state index contributed by atoms with van der Waals surface area (Å²) in [5.41, 5.74) is 4.50. The zero-order chi connectivity index (χ0) is 15.9. The fraction of sp³-hybridized carbons (Fsp3) is 0.833. The number of rotatable bonds is 5. The summed E-state index contributed by atoms with van der Waals surface area (Å²) in [5, 5.41) is 4.73. The first-order valence-corrected chi connectivity index (χ1v) is 8.87. The number of nitrogens with zero attached hydrogens (tertiary/aromatic N) is 3. The summed E-state index contributed by atoms with van der Waals surface area (Å²) >= 11 is 0. The third-order valence-corrected chi connectivity index (χ3v) is 5.51. The summed E-state index contributed by atoms with van der Waals surface area (Å²) in [6, 6.07) is 0.560. The van der Waals surface area contributed by atoms with Crippen LogP contribution in [-0.4, -0.2) is 40.0 Å². The van der Waals surface area contributed by atoms with E-state index in [9.17, 15) is 0 Å². The highest BCUT2D eigenvalue weighted by Gasteiger charge is 2.50. The second-order valence-electron chi connectivity index (χ2n) is 7.59. The van der Waals surface area contributed by atoms with Gasteiger partial charge >= 0.3 is 0 Å². The summed E-state index contributed by atoms with van der Waals surface area (Å²) in [6.07, 6.45) is 4.94. The first-order chi connectivity index (χ1) is 10.5. The Morgan fingerprint density at radius 2 is 2.05 bits per heavy atom. The van der Waals surface area contributed by atoms with Gasteiger partial charge in [0.1, 0.15) is 0 Å². The first-order valence-electron chi connectivity index (χ1n) is 8.87. The van der Waals surface area contributed by atoms with Crippen molar-refractivity contribution in [1.82, 2.24) is 14.7 Å². The molecule has 4 heteroatoms. The molecule has 0 saturated carbocycles. The Morgan fingerprint density at radius 1 is 1.27 bits per heavy atom. The third kappa shape index (κ3) is 2.61. The Hall–Kier alpha value is -0.870. The molecule has 2 aliphatic heterocycles. The number of aryl methyl sites for hydroxylation is 2. The molecule has 2 atom stereocenters. The van der Waals surface area contributed by atoms with Crippen LogP contribution in [0.4, 0.5) is 0 Å². The highest BCUT2D eigenvalue weighted by Crippen LogP contribution is 2.43. The van der Waals surface area contributed by atoms with Gasteiger partial charge in [-0.25, -0.2) is 0 Å². The fourth-order valence-electron chi connectivity index (χ4n) is 4.62. The van der Waals surface area contributed by atoms with Gasteiger partial charge in [-0.05, 0) is 31.1 Å². The minimum Gasteiger partial charge on any atom is -0.377 e. The molecule has 2 aliphatic rings. The molecular formula is C18H31N3O. The minimum atomic E-state index is 0.371. The topological polar surface area (TPSA) is 30.3 Å². The van der Waals surface area contributed by atoms with Crippen LogP contribution >= 0.6 is 0 Å². The van der Waals surface area contributed by atoms with Crippen LogP contribution in [0.3, 0.4) is 0 Å². The highest BCUT2D eigenvalue weighted by molar-refractivity contribution is 5.27. The molecule has 3 heterocycles. The molecule has 1 aromatic heterocycles. The molecule has 124 valence electrons. The van der Waals surface area contributed by atoms with E-state index in [2.05, 4.69) is 44.3 Å². The smallest absolute Gasteiger partial charge is 0.0736 e. The van der Waals surface area contributed by atoms with E-state index in [-0.39, 0.29) is 0 Å². The van der Waals surface area contributed by atoms with Gasteiger partial charge in [-0.15, -0.1) is 0 Å². The average molecular weight is 305 g/mol. The van der Waals surface area contributed by atoms with E-state index in [0.717, 1.165) is 26.0 Å². The Balaban J connectivity index is 1.81. The van der Waals surface area contributed by atoms with E-state index >= 15 is 0 Å². The number of ether oxygens (including phenoxy) is 1. The molecule has 2 fully saturated rings. The predicted octanol–water partition coefficient (Wildman–Crippen LogP) is 2.93. The molecule has 0 aliphatic carbocycles. The second-order valence-corrected chi connectivity index (χ2v) is 7.59. The third-order valence-electron chi connectivity index (χ3n) is 5.51. The summed E-state index contributed by atoms with van der Waals surface area (Å²) in [5.74, 6) is 0. The van der Waals surface area contributed by atoms with Gasteiger partial charge in [0.2, 0.25) is 0 Å². The van der Waals surface area contributed by atoms with Crippen molar-refractivity contribution in [2.45, 2.75) is 72.1 Å². The van der Waals surface area contributed by atoms with Gasteiger partial charge in [0, 0.05) is 44.0 Å². The Bertz CT molecular complexity index is 529. The van der Waals surface area contributed by atoms with Gasteiger partial charge in [-0.2, -0.15) is 5.10 Å². The molecule has 0 aromatic carbocycles. The summed E-state index contributed by atoms with van der Waals surface area (Å²) in [4.78, 5) is 2.63. The van der Waals surface area contributed by atoms with Crippen LogP contribution in [0.1, 0.15) is 57.5 Å². The fourth-order valence-corrected chi connectivity index (χ4v) is 4.62. The molecule has 0 unspecified atom stereocenters. The van der Waals surface area contributed by atoms with Crippen LogP contribution in [0.2, 0.25) is 0 Å². The van der Waals surface area contributed by atoms with Gasteiger partial charge < -0.3 is 4.74 Å². The second kappa shape index (κ2) is 5.97. The zero-order valence-electron chi connectivity index (χ0n) is 14.9. The Kier molecular flexibility index (Phi) is 4.34. The van der Waals surface area contributed by atoms with E-state index in [0.29, 0.717) is 17.6 Å². The number of likely N-dealkylation sites (tertiary alicyclic amines) is 1. The average Bonchev–Trinajstić information content (AvgIpc) is 3.05. The summed E-state index contributed by atoms with van der Waals surface area (Å²) < 4.78 is 8.10. The molecule has 0 bridgehead atoms. The molecule has 22 heavy (non-hydrogen) atoms. The normalized spacial score (nSPS) is 28.0. The van der Waals surface area contributed by atoms with Crippen LogP contribution in [0.15, 0.2) is 0 Å². The molecule has 0 radical (unpaired) electrons. The number of hydrogen-bond acceptors (Lipinski definition) is 3. The van der Waals surface area contributed by atoms with Crippen LogP contribution < -0.4 is 0 Å². The SMILES string of the molecule is CCc1nn(C)c(CC)c1CN1CC(C)(C)[C@H]1[C@H]1CCCO1. The highest BCUT2D eigenvalue weighted by atomic mass is 16.5. The monoisotopic (exact) mass is 305 g/mol. The lowest BCUT2D eigenvalue weighted by Gasteiger charge is -2.56. The van der Waals surface area contributed by atoms with Gasteiger partial charge in [0.15, 0.2) is 0 Å². The van der Waals surface area contributed by atoms with Crippen molar-refractivity contribution < 1.29 is 4.74 Å². The van der Waals surface area contributed by atoms with E-state index in [1.54, 1.807) is 0 Å². The van der Waals surface area contributed by atoms with Crippen molar-refractivity contribution in [2.24, 2.45) is 12.5 Å². The molecule has 3 rings (SSSR count). The van der Waals surface area contributed by atoms with Crippen molar-refractivity contribution in [1.29, 1.82) is 0 Å². The lowest BCUT2D eigenvalue weighted by atomic mass is 9.71. The predicted molar refractivity (Wildman–Crippen MR) is 88.9 cm³/mol. The van der Waals surface area contributed by atoms with Crippen LogP contribution in [0.25, 0.3) is 0 Å². The largest absolute Gasteiger partial charge is 0.377 e. The van der Waals surface area contributed by atoms with Crippen molar-refractivity contribution in [3.8, 4) is 0 Å². The van der Waals surface area contributed by atoms with E-state index in [4.69, 9.17) is 9.84 Å². The van der Waals surface area contributed by atoms with Crippen LogP contribution in [0.5, 0.6) is 0 Å². The van der Waals surface area contributed by atoms with Crippen molar-refractivity contribution in [3.05, 3.63) is 17.0 Å². The number of hydrogen-bond donors (Lipinski definition) is 0. The quantitative estimate of drug-likeness (QED) is 0.838. The van der Waals surface area contributed by atoms with Crippen molar-refractivity contribution in [2.75, 3.05) is 13.2 Å². The maximum Gasteiger partial charge on any atom is 0.0736 e. The Morgan fingerprint density at radius 3 is 2.59 bits per heavy atom. The summed E-state index contributed by atoms with van der Waals surface area (Å²) in [6.45, 7) is 12.4. The molecule has 4 nitrogen and oxygen atoms in total. The van der Waals surface area contributed by atoms with E-state index < -0.39 is 0 Å². The van der Waals surface area contributed by atoms with Crippen LogP contribution in [0, 0.1) is 5.41 Å². The lowest BCUT2D eigenvalue weighted by Crippen LogP contribution is -2.65. The van der Waals surface area contributed by atoms with Gasteiger partial charge in [0.05, 0.1) is 11.8 Å². The van der Waals surface area contributed by atoms with Crippen LogP contribution in [-0.2, 0) is 31.2 Å². The first kappa shape index (κ1) is 16.0. The lowest BCUT2D eigenvalue weighted by molar-refractivity contribution is -0.122. The van der Waals surface area contributed by atoms with Gasteiger partial charge in [-0.3, -0.25) is 9.58 Å². The molecule has 1 aromatic rings. The van der Waals surface area contributed by atoms with Crippen molar-refractivity contribution >= 4 is 0 Å². The molecule has 0 spiro atoms. The maximum atomic E-state index is 6.02. The number of aromatic nitrogens is 2. The van der Waals surface area contributed by atoms with E-state index in [1.165, 1.54) is 36.3 Å². The minimum absolute atomic E-state index is 0.371. The molecular weight excluding hydrogens is 274 g/mol.